The predicted molar refractivity (Wildman–Crippen MR) is 132 cm³/mol. The molecule has 0 bridgehead atoms. The van der Waals surface area contributed by atoms with Gasteiger partial charge in [0.2, 0.25) is 0 Å². The third-order valence-corrected chi connectivity index (χ3v) is 8.65. The van der Waals surface area contributed by atoms with Gasteiger partial charge in [-0.2, -0.15) is 17.9 Å². The molecule has 0 unspecified atom stereocenters. The van der Waals surface area contributed by atoms with Crippen LogP contribution in [0.2, 0.25) is 0 Å². The van der Waals surface area contributed by atoms with Crippen LogP contribution in [0.4, 0.5) is 5.69 Å². The molecule has 0 fully saturated rings. The molecule has 0 saturated carbocycles. The van der Waals surface area contributed by atoms with E-state index in [0.29, 0.717) is 22.7 Å². The number of rotatable bonds is 7. The second kappa shape index (κ2) is 9.05. The quantitative estimate of drug-likeness (QED) is 0.393. The van der Waals surface area contributed by atoms with Crippen molar-refractivity contribution in [2.75, 3.05) is 4.72 Å². The number of hydrazone groups is 1. The Kier molecular flexibility index (Phi) is 5.91. The Morgan fingerprint density at radius 2 is 1.40 bits per heavy atom. The van der Waals surface area contributed by atoms with Crippen molar-refractivity contribution >= 4 is 31.4 Å². The smallest absolute Gasteiger partial charge is 0.279 e. The molecule has 5 rings (SSSR count). The molecule has 8 nitrogen and oxygen atoms in total. The fourth-order valence-corrected chi connectivity index (χ4v) is 6.43. The normalized spacial score (nSPS) is 16.2. The maximum atomic E-state index is 13.5. The number of furan rings is 1. The summed E-state index contributed by atoms with van der Waals surface area (Å²) in [5.74, 6) is 0.436. The Morgan fingerprint density at radius 1 is 0.771 bits per heavy atom. The Labute approximate surface area is 203 Å². The van der Waals surface area contributed by atoms with Gasteiger partial charge in [-0.15, -0.1) is 0 Å². The Bertz CT molecular complexity index is 1570. The lowest BCUT2D eigenvalue weighted by Gasteiger charge is -2.21. The molecule has 4 aromatic rings. The summed E-state index contributed by atoms with van der Waals surface area (Å²) in [5, 5.41) is 4.47. The van der Waals surface area contributed by atoms with E-state index in [1.165, 1.54) is 30.5 Å². The van der Waals surface area contributed by atoms with Gasteiger partial charge in [-0.3, -0.25) is 4.72 Å². The van der Waals surface area contributed by atoms with Crippen molar-refractivity contribution in [1.29, 1.82) is 0 Å². The molecular weight excluding hydrogens is 486 g/mol. The zero-order valence-electron chi connectivity index (χ0n) is 18.4. The topological polar surface area (TPSA) is 109 Å². The second-order valence-corrected chi connectivity index (χ2v) is 11.3. The molecule has 1 aliphatic heterocycles. The van der Waals surface area contributed by atoms with Gasteiger partial charge < -0.3 is 4.42 Å². The number of nitrogens with zero attached hydrogens (tertiary/aromatic N) is 2. The van der Waals surface area contributed by atoms with Crippen LogP contribution in [-0.4, -0.2) is 27.0 Å². The lowest BCUT2D eigenvalue weighted by molar-refractivity contribution is 0.320. The molecule has 10 heteroatoms. The van der Waals surface area contributed by atoms with Crippen LogP contribution in [0.3, 0.4) is 0 Å². The molecule has 0 spiro atoms. The molecule has 0 saturated heterocycles. The van der Waals surface area contributed by atoms with Crippen LogP contribution in [0.1, 0.15) is 23.8 Å². The summed E-state index contributed by atoms with van der Waals surface area (Å²) in [4.78, 5) is 0.213. The number of nitrogens with one attached hydrogen (secondary N) is 1. The van der Waals surface area contributed by atoms with Gasteiger partial charge in [-0.05, 0) is 42.5 Å². The third-order valence-electron chi connectivity index (χ3n) is 5.57. The van der Waals surface area contributed by atoms with E-state index >= 15 is 0 Å². The molecule has 178 valence electrons. The van der Waals surface area contributed by atoms with Crippen molar-refractivity contribution in [2.45, 2.75) is 22.3 Å². The zero-order valence-corrected chi connectivity index (χ0v) is 20.0. The molecular formula is C25H21N3O5S2. The van der Waals surface area contributed by atoms with Crippen molar-refractivity contribution in [3.05, 3.63) is 115 Å². The van der Waals surface area contributed by atoms with Crippen molar-refractivity contribution in [3.63, 3.8) is 0 Å². The van der Waals surface area contributed by atoms with Crippen LogP contribution >= 0.6 is 0 Å². The van der Waals surface area contributed by atoms with Crippen LogP contribution in [0, 0.1) is 0 Å². The second-order valence-electron chi connectivity index (χ2n) is 7.84. The van der Waals surface area contributed by atoms with Crippen molar-refractivity contribution in [2.24, 2.45) is 5.10 Å². The SMILES string of the molecule is O=S(=O)(Nc1ccccc1C1=NN(S(=O)(=O)c2ccccc2)[C@H](c2ccco2)C1)c1ccccc1. The summed E-state index contributed by atoms with van der Waals surface area (Å²) in [7, 11) is -7.86. The molecule has 2 heterocycles. The minimum Gasteiger partial charge on any atom is -0.467 e. The lowest BCUT2D eigenvalue weighted by Crippen LogP contribution is -2.27. The summed E-state index contributed by atoms with van der Waals surface area (Å²) in [6.07, 6.45) is 1.67. The third kappa shape index (κ3) is 4.45. The summed E-state index contributed by atoms with van der Waals surface area (Å²) in [6.45, 7) is 0. The number of sulfonamides is 2. The fourth-order valence-electron chi connectivity index (χ4n) is 3.89. The van der Waals surface area contributed by atoms with E-state index in [1.54, 1.807) is 72.8 Å². The first-order valence-corrected chi connectivity index (χ1v) is 13.7. The predicted octanol–water partition coefficient (Wildman–Crippen LogP) is 4.62. The van der Waals surface area contributed by atoms with Gasteiger partial charge >= 0.3 is 0 Å². The van der Waals surface area contributed by atoms with E-state index in [2.05, 4.69) is 9.82 Å². The van der Waals surface area contributed by atoms with Gasteiger partial charge in [0, 0.05) is 12.0 Å². The number of benzene rings is 3. The molecule has 0 aliphatic carbocycles. The number of anilines is 1. The van der Waals surface area contributed by atoms with Gasteiger partial charge in [0.1, 0.15) is 11.8 Å². The van der Waals surface area contributed by atoms with Gasteiger partial charge in [0.15, 0.2) is 0 Å². The van der Waals surface area contributed by atoms with Crippen LogP contribution in [0.25, 0.3) is 0 Å². The highest BCUT2D eigenvalue weighted by molar-refractivity contribution is 7.92. The van der Waals surface area contributed by atoms with Crippen LogP contribution in [0.15, 0.2) is 123 Å². The summed E-state index contributed by atoms with van der Waals surface area (Å²) in [6, 6.07) is 25.5. The minimum atomic E-state index is -4.00. The summed E-state index contributed by atoms with van der Waals surface area (Å²) >= 11 is 0. The number of para-hydroxylation sites is 1. The maximum Gasteiger partial charge on any atom is 0.279 e. The molecule has 1 N–H and O–H groups in total. The van der Waals surface area contributed by atoms with Crippen LogP contribution in [0.5, 0.6) is 0 Å². The highest BCUT2D eigenvalue weighted by atomic mass is 32.2. The molecule has 3 aromatic carbocycles. The van der Waals surface area contributed by atoms with Crippen LogP contribution in [-0.2, 0) is 20.0 Å². The van der Waals surface area contributed by atoms with E-state index in [1.807, 2.05) is 0 Å². The van der Waals surface area contributed by atoms with Crippen molar-refractivity contribution < 1.29 is 21.3 Å². The molecule has 1 atom stereocenters. The monoisotopic (exact) mass is 507 g/mol. The largest absolute Gasteiger partial charge is 0.467 e. The first kappa shape index (κ1) is 22.9. The van der Waals surface area contributed by atoms with E-state index < -0.39 is 26.1 Å². The molecule has 1 aliphatic rings. The van der Waals surface area contributed by atoms with Crippen molar-refractivity contribution in [3.8, 4) is 0 Å². The first-order valence-electron chi connectivity index (χ1n) is 10.7. The zero-order chi connectivity index (χ0) is 24.5. The van der Waals surface area contributed by atoms with E-state index in [0.717, 1.165) is 4.41 Å². The Morgan fingerprint density at radius 3 is 2.06 bits per heavy atom. The van der Waals surface area contributed by atoms with E-state index in [-0.39, 0.29) is 16.2 Å². The minimum absolute atomic E-state index is 0.0969. The summed E-state index contributed by atoms with van der Waals surface area (Å²) in [5.41, 5.74) is 1.19. The molecule has 0 amide bonds. The van der Waals surface area contributed by atoms with Gasteiger partial charge in [0.05, 0.1) is 27.5 Å². The number of hydrogen-bond acceptors (Lipinski definition) is 6. The average molecular weight is 508 g/mol. The summed E-state index contributed by atoms with van der Waals surface area (Å²) < 4.78 is 62.1. The number of hydrogen-bond donors (Lipinski definition) is 1. The fraction of sp³-hybridized carbons (Fsp3) is 0.0800. The van der Waals surface area contributed by atoms with Crippen molar-refractivity contribution in [1.82, 2.24) is 4.41 Å². The standard InChI is InChI=1S/C25H21N3O5S2/c29-34(30,19-10-3-1-4-11-19)27-22-15-8-7-14-21(22)23-18-24(25-16-9-17-33-25)28(26-23)35(31,32)20-12-5-2-6-13-20/h1-17,24,27H,18H2/t24-/m0/s1. The Hall–Kier alpha value is -3.89. The maximum absolute atomic E-state index is 13.5. The molecule has 35 heavy (non-hydrogen) atoms. The van der Waals surface area contributed by atoms with E-state index in [9.17, 15) is 16.8 Å². The lowest BCUT2D eigenvalue weighted by atomic mass is 10.0. The van der Waals surface area contributed by atoms with Gasteiger partial charge in [0.25, 0.3) is 20.0 Å². The van der Waals surface area contributed by atoms with Gasteiger partial charge in [-0.1, -0.05) is 54.6 Å². The van der Waals surface area contributed by atoms with Crippen LogP contribution < -0.4 is 4.72 Å². The first-order chi connectivity index (χ1) is 16.9. The molecule has 0 radical (unpaired) electrons. The average Bonchev–Trinajstić information content (AvgIpc) is 3.56. The molecule has 1 aromatic heterocycles. The highest BCUT2D eigenvalue weighted by Gasteiger charge is 2.39. The Balaban J connectivity index is 1.56. The van der Waals surface area contributed by atoms with Gasteiger partial charge in [-0.25, -0.2) is 8.42 Å². The van der Waals surface area contributed by atoms with E-state index in [4.69, 9.17) is 4.42 Å². The highest BCUT2D eigenvalue weighted by Crippen LogP contribution is 2.38.